The molecule has 0 heterocycles. The molecular weight excluding hydrogens is 227 g/mol. The summed E-state index contributed by atoms with van der Waals surface area (Å²) in [5.74, 6) is -2.88. The third-order valence-electron chi connectivity index (χ3n) is 2.10. The van der Waals surface area contributed by atoms with Crippen molar-refractivity contribution in [1.82, 2.24) is 0 Å². The number of ketones is 1. The fourth-order valence-corrected chi connectivity index (χ4v) is 1.39. The van der Waals surface area contributed by atoms with E-state index in [-0.39, 0.29) is 12.0 Å². The number of carbonyl (C=O) groups is 1. The van der Waals surface area contributed by atoms with Crippen molar-refractivity contribution in [3.05, 3.63) is 35.4 Å². The number of hydrogen-bond acceptors (Lipinski definition) is 3. The lowest BCUT2D eigenvalue weighted by Crippen LogP contribution is -2.26. The van der Waals surface area contributed by atoms with E-state index < -0.39 is 29.3 Å². The first-order valence-corrected chi connectivity index (χ1v) is 4.84. The predicted octanol–water partition coefficient (Wildman–Crippen LogP) is 0.350. The Hall–Kier alpha value is -1.72. The average molecular weight is 236 g/mol. The van der Waals surface area contributed by atoms with Gasteiger partial charge < -0.3 is 10.1 Å². The molecule has 0 fully saturated rings. The summed E-state index contributed by atoms with van der Waals surface area (Å²) in [6, 6.07) is 1.87. The van der Waals surface area contributed by atoms with Crippen LogP contribution in [-0.2, 0) is 11.2 Å². The maximum atomic E-state index is 12.9. The van der Waals surface area contributed by atoms with Crippen molar-refractivity contribution in [2.45, 2.75) is 19.4 Å². The summed E-state index contributed by atoms with van der Waals surface area (Å²) < 4.78 is 25.8. The quantitative estimate of drug-likeness (QED) is 0.430. The Balaban J connectivity index is 2.93. The highest BCUT2D eigenvalue weighted by Crippen LogP contribution is 2.12. The number of Topliss-reactive ketones (excluding diaryl/α,β-unsaturated/α-hetero) is 1. The van der Waals surface area contributed by atoms with Gasteiger partial charge in [0.05, 0.1) is 0 Å². The summed E-state index contributed by atoms with van der Waals surface area (Å²) in [5.41, 5.74) is 0.243. The second-order valence-corrected chi connectivity index (χ2v) is 3.58. The van der Waals surface area contributed by atoms with E-state index in [4.69, 9.17) is 7.85 Å². The molecule has 0 aliphatic heterocycles. The Labute approximate surface area is 98.6 Å². The molecule has 0 N–H and O–H groups in total. The van der Waals surface area contributed by atoms with E-state index in [1.165, 1.54) is 6.92 Å². The first-order chi connectivity index (χ1) is 7.88. The topological polar surface area (TPSA) is 52.5 Å². The zero-order valence-electron chi connectivity index (χ0n) is 9.11. The smallest absolute Gasteiger partial charge is 0.154 e. The van der Waals surface area contributed by atoms with Crippen LogP contribution in [0.1, 0.15) is 12.5 Å². The second-order valence-electron chi connectivity index (χ2n) is 3.58. The van der Waals surface area contributed by atoms with Crippen LogP contribution < -0.4 is 5.11 Å². The Morgan fingerprint density at radius 2 is 1.94 bits per heavy atom. The molecule has 0 bridgehead atoms. The summed E-state index contributed by atoms with van der Waals surface area (Å²) in [7, 11) is 4.84. The van der Waals surface area contributed by atoms with Crippen LogP contribution in [-0.4, -0.2) is 25.5 Å². The van der Waals surface area contributed by atoms with Gasteiger partial charge in [-0.25, -0.2) is 8.78 Å². The molecule has 0 aliphatic carbocycles. The number of hydrogen-bond donors (Lipinski definition) is 0. The molecular formula is C11H9BF2NO2-. The SMILES string of the molecule is [B]C([O-])=N[C@@H](Cc1cc(F)cc(F)c1)C(C)=O. The monoisotopic (exact) mass is 236 g/mol. The highest BCUT2D eigenvalue weighted by atomic mass is 19.1. The largest absolute Gasteiger partial charge is 0.870 e. The van der Waals surface area contributed by atoms with E-state index >= 15 is 0 Å². The molecule has 1 atom stereocenters. The third kappa shape index (κ3) is 4.34. The van der Waals surface area contributed by atoms with E-state index in [1.807, 2.05) is 0 Å². The number of benzene rings is 1. The fraction of sp³-hybridized carbons (Fsp3) is 0.273. The van der Waals surface area contributed by atoms with Gasteiger partial charge in [0.25, 0.3) is 0 Å². The molecule has 0 saturated carbocycles. The van der Waals surface area contributed by atoms with E-state index in [0.717, 1.165) is 18.2 Å². The molecule has 3 nitrogen and oxygen atoms in total. The van der Waals surface area contributed by atoms with Crippen LogP contribution in [0.3, 0.4) is 0 Å². The second kappa shape index (κ2) is 5.56. The fourth-order valence-electron chi connectivity index (χ4n) is 1.39. The Morgan fingerprint density at radius 1 is 1.41 bits per heavy atom. The van der Waals surface area contributed by atoms with Gasteiger partial charge in [0.2, 0.25) is 0 Å². The maximum Gasteiger partial charge on any atom is 0.154 e. The first-order valence-electron chi connectivity index (χ1n) is 4.84. The van der Waals surface area contributed by atoms with E-state index in [0.29, 0.717) is 0 Å². The van der Waals surface area contributed by atoms with E-state index in [2.05, 4.69) is 4.99 Å². The van der Waals surface area contributed by atoms with Crippen LogP contribution in [0, 0.1) is 11.6 Å². The van der Waals surface area contributed by atoms with Gasteiger partial charge in [-0.2, -0.15) is 0 Å². The van der Waals surface area contributed by atoms with Gasteiger partial charge in [-0.1, -0.05) is 5.80 Å². The molecule has 0 unspecified atom stereocenters. The van der Waals surface area contributed by atoms with Crippen molar-refractivity contribution < 1.29 is 18.7 Å². The van der Waals surface area contributed by atoms with E-state index in [9.17, 15) is 18.7 Å². The standard InChI is InChI=1S/C11H10BF2NO2/c1-6(16)10(15-11(12)17)4-7-2-8(13)5-9(14)3-7/h2-3,5,10H,4H2,1H3,(H,15,17)/p-1/t10-/m0/s1. The Kier molecular flexibility index (Phi) is 4.37. The molecule has 1 aromatic carbocycles. The number of aliphatic imine (C=N–C) groups is 1. The zero-order valence-corrected chi connectivity index (χ0v) is 9.11. The summed E-state index contributed by atoms with van der Waals surface area (Å²) in [4.78, 5) is 14.5. The molecule has 2 radical (unpaired) electrons. The summed E-state index contributed by atoms with van der Waals surface area (Å²) in [6.07, 6.45) is -0.0625. The lowest BCUT2D eigenvalue weighted by atomic mass is 10.0. The van der Waals surface area contributed by atoms with Gasteiger partial charge in [-0.15, -0.1) is 0 Å². The molecule has 0 aliphatic rings. The summed E-state index contributed by atoms with van der Waals surface area (Å²) in [5, 5.41) is 10.6. The Morgan fingerprint density at radius 3 is 2.35 bits per heavy atom. The van der Waals surface area contributed by atoms with Crippen molar-refractivity contribution >= 4 is 19.4 Å². The lowest BCUT2D eigenvalue weighted by Gasteiger charge is -2.13. The highest BCUT2D eigenvalue weighted by molar-refractivity contribution is 6.55. The summed E-state index contributed by atoms with van der Waals surface area (Å²) >= 11 is 0. The minimum Gasteiger partial charge on any atom is -0.870 e. The van der Waals surface area contributed by atoms with Gasteiger partial charge in [-0.3, -0.25) is 4.79 Å². The number of rotatable bonds is 4. The van der Waals surface area contributed by atoms with Crippen molar-refractivity contribution in [3.8, 4) is 0 Å². The number of nitrogens with zero attached hydrogens (tertiary/aromatic N) is 1. The van der Waals surface area contributed by atoms with Crippen LogP contribution in [0.15, 0.2) is 23.2 Å². The molecule has 88 valence electrons. The predicted molar refractivity (Wildman–Crippen MR) is 57.7 cm³/mol. The minimum absolute atomic E-state index is 0.0625. The molecule has 17 heavy (non-hydrogen) atoms. The average Bonchev–Trinajstić information content (AvgIpc) is 2.13. The number of halogens is 2. The zero-order chi connectivity index (χ0) is 13.0. The van der Waals surface area contributed by atoms with Crippen LogP contribution in [0.2, 0.25) is 0 Å². The van der Waals surface area contributed by atoms with Gasteiger partial charge >= 0.3 is 0 Å². The normalized spacial score (nSPS) is 13.5. The molecule has 1 rings (SSSR count). The molecule has 0 aromatic heterocycles. The van der Waals surface area contributed by atoms with Gasteiger partial charge in [0, 0.05) is 12.5 Å². The van der Waals surface area contributed by atoms with Crippen LogP contribution in [0.4, 0.5) is 8.78 Å². The van der Waals surface area contributed by atoms with Crippen molar-refractivity contribution in [3.63, 3.8) is 0 Å². The molecule has 0 spiro atoms. The van der Waals surface area contributed by atoms with Crippen molar-refractivity contribution in [2.24, 2.45) is 4.99 Å². The van der Waals surface area contributed by atoms with Crippen LogP contribution in [0.25, 0.3) is 0 Å². The third-order valence-corrected chi connectivity index (χ3v) is 2.10. The van der Waals surface area contributed by atoms with Gasteiger partial charge in [0.1, 0.15) is 25.5 Å². The maximum absolute atomic E-state index is 12.9. The van der Waals surface area contributed by atoms with Gasteiger partial charge in [0.15, 0.2) is 5.78 Å². The molecule has 6 heteroatoms. The van der Waals surface area contributed by atoms with Crippen molar-refractivity contribution in [2.75, 3.05) is 0 Å². The number of carbonyl (C=O) groups excluding carboxylic acids is 1. The Bertz CT molecular complexity index is 439. The van der Waals surface area contributed by atoms with E-state index in [1.54, 1.807) is 0 Å². The lowest BCUT2D eigenvalue weighted by molar-refractivity contribution is -0.208. The van der Waals surface area contributed by atoms with Crippen LogP contribution in [0.5, 0.6) is 0 Å². The van der Waals surface area contributed by atoms with Gasteiger partial charge in [-0.05, 0) is 24.6 Å². The first kappa shape index (κ1) is 13.4. The summed E-state index contributed by atoms with van der Waals surface area (Å²) in [6.45, 7) is 1.23. The molecule has 0 amide bonds. The minimum atomic E-state index is -1.01. The molecule has 1 aromatic rings. The van der Waals surface area contributed by atoms with Crippen LogP contribution >= 0.6 is 0 Å². The molecule has 0 saturated heterocycles. The highest BCUT2D eigenvalue weighted by Gasteiger charge is 2.13. The van der Waals surface area contributed by atoms with Crippen molar-refractivity contribution in [1.29, 1.82) is 0 Å².